The number of ether oxygens (including phenoxy) is 1. The number of hydrogen-bond donors (Lipinski definition) is 1. The summed E-state index contributed by atoms with van der Waals surface area (Å²) in [6, 6.07) is 19.8. The van der Waals surface area contributed by atoms with Gasteiger partial charge in [0.1, 0.15) is 11.8 Å². The topological polar surface area (TPSA) is 96.0 Å². The van der Waals surface area contributed by atoms with E-state index in [1.54, 1.807) is 52.3 Å². The van der Waals surface area contributed by atoms with Crippen molar-refractivity contribution in [3.05, 3.63) is 89.5 Å². The summed E-state index contributed by atoms with van der Waals surface area (Å²) >= 11 is 0. The number of likely N-dealkylation sites (N-methyl/N-ethyl adjacent to an activating group) is 1. The van der Waals surface area contributed by atoms with E-state index in [-0.39, 0.29) is 11.3 Å². The number of carbonyl (C=O) groups is 2. The fraction of sp³-hybridized carbons (Fsp3) is 0.259. The first-order valence-electron chi connectivity index (χ1n) is 11.4. The number of aryl methyl sites for hydroxylation is 2. The maximum Gasteiger partial charge on any atom is 0.257 e. The molecule has 0 aliphatic carbocycles. The van der Waals surface area contributed by atoms with Gasteiger partial charge < -0.3 is 9.64 Å². The van der Waals surface area contributed by atoms with Crippen LogP contribution in [-0.2, 0) is 26.0 Å². The van der Waals surface area contributed by atoms with Crippen molar-refractivity contribution in [3.8, 4) is 5.75 Å². The predicted molar refractivity (Wildman–Crippen MR) is 139 cm³/mol. The van der Waals surface area contributed by atoms with E-state index in [0.717, 1.165) is 21.7 Å². The largest absolute Gasteiger partial charge is 0.497 e. The second-order valence-corrected chi connectivity index (χ2v) is 10.3. The van der Waals surface area contributed by atoms with Crippen molar-refractivity contribution < 1.29 is 22.7 Å². The van der Waals surface area contributed by atoms with Gasteiger partial charge in [0, 0.05) is 26.1 Å². The molecule has 190 valence electrons. The van der Waals surface area contributed by atoms with E-state index in [9.17, 15) is 18.0 Å². The number of sulfonamides is 1. The molecule has 0 aliphatic heterocycles. The van der Waals surface area contributed by atoms with Crippen LogP contribution in [0.5, 0.6) is 5.75 Å². The average Bonchev–Trinajstić information content (AvgIpc) is 2.85. The lowest BCUT2D eigenvalue weighted by Gasteiger charge is -2.33. The van der Waals surface area contributed by atoms with Crippen LogP contribution in [0.2, 0.25) is 0 Å². The SMILES string of the molecule is COc1ccc(N(C)C(=O)[C@H](Cc2ccccc2)N(NS(=O)(=O)c2cc(C)cc(C)c2)C(C)=O)cc1. The highest BCUT2D eigenvalue weighted by Crippen LogP contribution is 2.22. The van der Waals surface area contributed by atoms with Gasteiger partial charge in [-0.15, -0.1) is 4.83 Å². The maximum absolute atomic E-state index is 13.7. The number of anilines is 1. The molecule has 1 N–H and O–H groups in total. The van der Waals surface area contributed by atoms with Gasteiger partial charge in [-0.25, -0.2) is 8.42 Å². The number of rotatable bonds is 9. The number of hydrazine groups is 1. The number of nitrogens with one attached hydrogen (secondary N) is 1. The summed E-state index contributed by atoms with van der Waals surface area (Å²) in [7, 11) is -1.02. The third kappa shape index (κ3) is 6.50. The summed E-state index contributed by atoms with van der Waals surface area (Å²) in [5.74, 6) is -0.435. The number of nitrogens with zero attached hydrogens (tertiary/aromatic N) is 2. The monoisotopic (exact) mass is 509 g/mol. The Morgan fingerprint density at radius 2 is 1.53 bits per heavy atom. The molecule has 3 rings (SSSR count). The van der Waals surface area contributed by atoms with E-state index in [4.69, 9.17) is 4.74 Å². The Morgan fingerprint density at radius 3 is 2.06 bits per heavy atom. The van der Waals surface area contributed by atoms with Crippen molar-refractivity contribution in [2.75, 3.05) is 19.1 Å². The average molecular weight is 510 g/mol. The molecule has 0 spiro atoms. The normalized spacial score (nSPS) is 12.0. The van der Waals surface area contributed by atoms with Crippen molar-refractivity contribution in [2.45, 2.75) is 38.1 Å². The fourth-order valence-electron chi connectivity index (χ4n) is 3.90. The Balaban J connectivity index is 2.00. The first-order valence-corrected chi connectivity index (χ1v) is 12.9. The first kappa shape index (κ1) is 26.9. The number of methoxy groups -OCH3 is 1. The number of carbonyl (C=O) groups excluding carboxylic acids is 2. The molecule has 9 heteroatoms. The molecule has 0 saturated carbocycles. The van der Waals surface area contributed by atoms with Crippen molar-refractivity contribution in [2.24, 2.45) is 0 Å². The zero-order valence-corrected chi connectivity index (χ0v) is 21.9. The van der Waals surface area contributed by atoms with Gasteiger partial charge in [0.15, 0.2) is 0 Å². The van der Waals surface area contributed by atoms with Crippen LogP contribution < -0.4 is 14.5 Å². The molecule has 3 aromatic carbocycles. The third-order valence-electron chi connectivity index (χ3n) is 5.72. The van der Waals surface area contributed by atoms with Gasteiger partial charge in [-0.05, 0) is 66.9 Å². The predicted octanol–water partition coefficient (Wildman–Crippen LogP) is 3.63. The second kappa shape index (κ2) is 11.4. The van der Waals surface area contributed by atoms with Gasteiger partial charge >= 0.3 is 0 Å². The van der Waals surface area contributed by atoms with Crippen LogP contribution >= 0.6 is 0 Å². The lowest BCUT2D eigenvalue weighted by atomic mass is 10.0. The van der Waals surface area contributed by atoms with E-state index in [2.05, 4.69) is 4.83 Å². The van der Waals surface area contributed by atoms with E-state index < -0.39 is 27.9 Å². The van der Waals surface area contributed by atoms with E-state index >= 15 is 0 Å². The molecule has 0 fully saturated rings. The molecule has 3 aromatic rings. The summed E-state index contributed by atoms with van der Waals surface area (Å²) in [6.45, 7) is 4.81. The third-order valence-corrected chi connectivity index (χ3v) is 7.02. The number of benzene rings is 3. The van der Waals surface area contributed by atoms with Crippen LogP contribution in [0.15, 0.2) is 77.7 Å². The molecule has 0 aromatic heterocycles. The van der Waals surface area contributed by atoms with Gasteiger partial charge in [0.05, 0.1) is 12.0 Å². The highest BCUT2D eigenvalue weighted by Gasteiger charge is 2.34. The minimum Gasteiger partial charge on any atom is -0.497 e. The Labute approximate surface area is 212 Å². The molecule has 0 saturated heterocycles. The Morgan fingerprint density at radius 1 is 0.944 bits per heavy atom. The molecule has 8 nitrogen and oxygen atoms in total. The molecule has 1 atom stereocenters. The van der Waals surface area contributed by atoms with Crippen LogP contribution in [0.4, 0.5) is 5.69 Å². The summed E-state index contributed by atoms with van der Waals surface area (Å²) < 4.78 is 31.8. The lowest BCUT2D eigenvalue weighted by molar-refractivity contribution is -0.139. The fourth-order valence-corrected chi connectivity index (χ4v) is 5.20. The Kier molecular flexibility index (Phi) is 8.49. The molecule has 0 heterocycles. The molecule has 0 radical (unpaired) electrons. The maximum atomic E-state index is 13.7. The summed E-state index contributed by atoms with van der Waals surface area (Å²) in [5.41, 5.74) is 2.87. The molecular formula is C27H31N3O5S. The molecule has 36 heavy (non-hydrogen) atoms. The highest BCUT2D eigenvalue weighted by molar-refractivity contribution is 7.89. The van der Waals surface area contributed by atoms with Gasteiger partial charge in [0.2, 0.25) is 5.91 Å². The van der Waals surface area contributed by atoms with E-state index in [1.165, 1.54) is 24.0 Å². The lowest BCUT2D eigenvalue weighted by Crippen LogP contribution is -2.57. The van der Waals surface area contributed by atoms with Crippen LogP contribution in [0.3, 0.4) is 0 Å². The van der Waals surface area contributed by atoms with Gasteiger partial charge in [-0.3, -0.25) is 14.6 Å². The summed E-state index contributed by atoms with van der Waals surface area (Å²) in [4.78, 5) is 30.3. The van der Waals surface area contributed by atoms with Gasteiger partial charge in [-0.2, -0.15) is 0 Å². The van der Waals surface area contributed by atoms with Crippen molar-refractivity contribution >= 4 is 27.5 Å². The Hall–Kier alpha value is -3.69. The number of hydrogen-bond acceptors (Lipinski definition) is 5. The van der Waals surface area contributed by atoms with Crippen LogP contribution in [0, 0.1) is 13.8 Å². The summed E-state index contributed by atoms with van der Waals surface area (Å²) in [5, 5.41) is 0.905. The first-order chi connectivity index (χ1) is 17.0. The summed E-state index contributed by atoms with van der Waals surface area (Å²) in [6.07, 6.45) is 0.106. The molecular weight excluding hydrogens is 478 g/mol. The molecule has 0 unspecified atom stereocenters. The van der Waals surface area contributed by atoms with E-state index in [0.29, 0.717) is 11.4 Å². The minimum atomic E-state index is -4.15. The van der Waals surface area contributed by atoms with Crippen molar-refractivity contribution in [1.82, 2.24) is 9.84 Å². The molecule has 2 amide bonds. The zero-order valence-electron chi connectivity index (χ0n) is 21.1. The zero-order chi connectivity index (χ0) is 26.5. The van der Waals surface area contributed by atoms with Crippen LogP contribution in [0.25, 0.3) is 0 Å². The smallest absolute Gasteiger partial charge is 0.257 e. The molecule has 0 bridgehead atoms. The molecule has 0 aliphatic rings. The van der Waals surface area contributed by atoms with Gasteiger partial charge in [-0.1, -0.05) is 36.4 Å². The van der Waals surface area contributed by atoms with Gasteiger partial charge in [0.25, 0.3) is 15.9 Å². The van der Waals surface area contributed by atoms with Crippen molar-refractivity contribution in [1.29, 1.82) is 0 Å². The van der Waals surface area contributed by atoms with E-state index in [1.807, 2.05) is 36.4 Å². The van der Waals surface area contributed by atoms with Crippen LogP contribution in [-0.4, -0.2) is 45.4 Å². The minimum absolute atomic E-state index is 0.0145. The standard InChI is InChI=1S/C27H31N3O5S/c1-19-15-20(2)17-25(16-19)36(33,34)28-30(21(3)31)26(18-22-9-7-6-8-10-22)27(32)29(4)23-11-13-24(35-5)14-12-23/h6-17,26,28H,18H2,1-5H3/t26-/m0/s1. The number of amides is 2. The quantitative estimate of drug-likeness (QED) is 0.445. The van der Waals surface area contributed by atoms with Crippen LogP contribution in [0.1, 0.15) is 23.6 Å². The highest BCUT2D eigenvalue weighted by atomic mass is 32.2. The van der Waals surface area contributed by atoms with Crippen molar-refractivity contribution in [3.63, 3.8) is 0 Å². The Bertz CT molecular complexity index is 1310. The second-order valence-electron chi connectivity index (χ2n) is 8.61.